The lowest BCUT2D eigenvalue weighted by Crippen LogP contribution is -2.15. The number of nitrogens with one attached hydrogen (secondary N) is 1. The third-order valence-electron chi connectivity index (χ3n) is 3.32. The maximum absolute atomic E-state index is 6.14. The Morgan fingerprint density at radius 2 is 2.11 bits per heavy atom. The molecule has 0 radical (unpaired) electrons. The van der Waals surface area contributed by atoms with Crippen LogP contribution in [-0.4, -0.2) is 14.8 Å². The summed E-state index contributed by atoms with van der Waals surface area (Å²) in [5.41, 5.74) is 0.822. The molecule has 4 nitrogen and oxygen atoms in total. The second kappa shape index (κ2) is 5.39. The number of anilines is 1. The number of nitrogens with zero attached hydrogens (tertiary/aromatic N) is 3. The van der Waals surface area contributed by atoms with Crippen molar-refractivity contribution in [2.24, 2.45) is 0 Å². The highest BCUT2D eigenvalue weighted by Gasteiger charge is 2.15. The molecule has 0 unspecified atom stereocenters. The van der Waals surface area contributed by atoms with Crippen molar-refractivity contribution < 1.29 is 0 Å². The molecule has 0 saturated carbocycles. The number of benzene rings is 1. The van der Waals surface area contributed by atoms with E-state index in [9.17, 15) is 0 Å². The Morgan fingerprint density at radius 1 is 1.21 bits per heavy atom. The maximum atomic E-state index is 6.14. The fourth-order valence-corrected chi connectivity index (χ4v) is 2.68. The van der Waals surface area contributed by atoms with E-state index in [1.54, 1.807) is 6.07 Å². The van der Waals surface area contributed by atoms with Crippen LogP contribution in [0, 0.1) is 0 Å². The molecule has 1 aromatic carbocycles. The van der Waals surface area contributed by atoms with E-state index in [-0.39, 0.29) is 0 Å². The molecular formula is C13H14Cl2N4. The van der Waals surface area contributed by atoms with Gasteiger partial charge in [-0.25, -0.2) is 0 Å². The van der Waals surface area contributed by atoms with Gasteiger partial charge in [0, 0.05) is 13.0 Å². The highest BCUT2D eigenvalue weighted by atomic mass is 35.5. The molecule has 0 aliphatic carbocycles. The summed E-state index contributed by atoms with van der Waals surface area (Å²) in [6.45, 7) is 1.61. The predicted octanol–water partition coefficient (Wildman–Crippen LogP) is 3.53. The van der Waals surface area contributed by atoms with Crippen LogP contribution in [0.15, 0.2) is 18.2 Å². The Bertz CT molecular complexity index is 594. The van der Waals surface area contributed by atoms with Crippen molar-refractivity contribution in [1.82, 2.24) is 14.8 Å². The van der Waals surface area contributed by atoms with Crippen LogP contribution < -0.4 is 5.32 Å². The molecule has 1 N–H and O–H groups in total. The number of aromatic nitrogens is 3. The van der Waals surface area contributed by atoms with E-state index in [1.165, 1.54) is 12.8 Å². The van der Waals surface area contributed by atoms with Crippen LogP contribution in [0.1, 0.15) is 24.5 Å². The number of rotatable bonds is 3. The van der Waals surface area contributed by atoms with Gasteiger partial charge in [0.2, 0.25) is 0 Å². The lowest BCUT2D eigenvalue weighted by Gasteiger charge is -2.15. The molecule has 0 atom stereocenters. The second-order valence-corrected chi connectivity index (χ2v) is 5.38. The topological polar surface area (TPSA) is 42.7 Å². The zero-order valence-electron chi connectivity index (χ0n) is 10.4. The quantitative estimate of drug-likeness (QED) is 0.942. The number of fused-ring (bicyclic) bond motifs is 1. The molecule has 6 heteroatoms. The first-order chi connectivity index (χ1) is 9.25. The van der Waals surface area contributed by atoms with Crippen molar-refractivity contribution in [2.45, 2.75) is 32.4 Å². The van der Waals surface area contributed by atoms with Gasteiger partial charge in [-0.2, -0.15) is 0 Å². The fourth-order valence-electron chi connectivity index (χ4n) is 2.31. The third kappa shape index (κ3) is 2.55. The van der Waals surface area contributed by atoms with Gasteiger partial charge in [0.15, 0.2) is 5.82 Å². The van der Waals surface area contributed by atoms with E-state index < -0.39 is 0 Å². The minimum absolute atomic E-state index is 0.544. The fraction of sp³-hybridized carbons (Fsp3) is 0.385. The molecule has 0 amide bonds. The van der Waals surface area contributed by atoms with Crippen molar-refractivity contribution in [3.8, 4) is 0 Å². The first-order valence-electron chi connectivity index (χ1n) is 6.34. The average Bonchev–Trinajstić information content (AvgIpc) is 2.84. The molecule has 19 heavy (non-hydrogen) atoms. The van der Waals surface area contributed by atoms with Gasteiger partial charge in [0.05, 0.1) is 22.3 Å². The zero-order chi connectivity index (χ0) is 13.2. The van der Waals surface area contributed by atoms with Gasteiger partial charge in [0.1, 0.15) is 5.82 Å². The summed E-state index contributed by atoms with van der Waals surface area (Å²) < 4.78 is 2.19. The van der Waals surface area contributed by atoms with Gasteiger partial charge in [-0.1, -0.05) is 29.3 Å². The van der Waals surface area contributed by atoms with Crippen molar-refractivity contribution in [1.29, 1.82) is 0 Å². The van der Waals surface area contributed by atoms with Crippen molar-refractivity contribution >= 4 is 28.9 Å². The van der Waals surface area contributed by atoms with Crippen molar-refractivity contribution in [3.05, 3.63) is 39.9 Å². The molecule has 1 aromatic heterocycles. The Labute approximate surface area is 121 Å². The first kappa shape index (κ1) is 12.8. The van der Waals surface area contributed by atoms with Gasteiger partial charge in [-0.3, -0.25) is 0 Å². The number of halogens is 2. The molecule has 1 aliphatic heterocycles. The Hall–Kier alpha value is -1.26. The minimum Gasteiger partial charge on any atom is -0.376 e. The standard InChI is InChI=1S/C13H14Cl2N4/c14-9-4-3-5-10(13(9)15)16-8-12-18-17-11-6-1-2-7-19(11)12/h3-5,16H,1-2,6-8H2. The lowest BCUT2D eigenvalue weighted by atomic mass is 10.2. The molecule has 2 heterocycles. The third-order valence-corrected chi connectivity index (χ3v) is 4.14. The van der Waals surface area contributed by atoms with Crippen LogP contribution >= 0.6 is 23.2 Å². The number of hydrogen-bond donors (Lipinski definition) is 1. The molecular weight excluding hydrogens is 283 g/mol. The summed E-state index contributed by atoms with van der Waals surface area (Å²) in [5.74, 6) is 2.03. The van der Waals surface area contributed by atoms with Crippen molar-refractivity contribution in [2.75, 3.05) is 5.32 Å². The molecule has 0 fully saturated rings. The molecule has 0 bridgehead atoms. The van der Waals surface area contributed by atoms with Crippen LogP contribution in [0.25, 0.3) is 0 Å². The summed E-state index contributed by atoms with van der Waals surface area (Å²) in [5, 5.41) is 12.8. The van der Waals surface area contributed by atoms with E-state index in [2.05, 4.69) is 20.1 Å². The largest absolute Gasteiger partial charge is 0.376 e. The molecule has 1 aliphatic rings. The highest BCUT2D eigenvalue weighted by molar-refractivity contribution is 6.43. The molecule has 2 aromatic rings. The van der Waals surface area contributed by atoms with Crippen LogP contribution in [0.3, 0.4) is 0 Å². The smallest absolute Gasteiger partial charge is 0.152 e. The van der Waals surface area contributed by atoms with E-state index >= 15 is 0 Å². The molecule has 3 rings (SSSR count). The maximum Gasteiger partial charge on any atom is 0.152 e. The molecule has 0 spiro atoms. The number of hydrogen-bond acceptors (Lipinski definition) is 3. The SMILES string of the molecule is Clc1cccc(NCc2nnc3n2CCCC3)c1Cl. The van der Waals surface area contributed by atoms with E-state index in [4.69, 9.17) is 23.2 Å². The van der Waals surface area contributed by atoms with Gasteiger partial charge in [-0.05, 0) is 25.0 Å². The summed E-state index contributed by atoms with van der Waals surface area (Å²) >= 11 is 12.1. The van der Waals surface area contributed by atoms with Crippen LogP contribution in [-0.2, 0) is 19.5 Å². The number of aryl methyl sites for hydroxylation is 1. The summed E-state index contributed by atoms with van der Waals surface area (Å²) in [6.07, 6.45) is 3.41. The first-order valence-corrected chi connectivity index (χ1v) is 7.10. The Balaban J connectivity index is 1.76. The van der Waals surface area contributed by atoms with Gasteiger partial charge >= 0.3 is 0 Å². The molecule has 100 valence electrons. The predicted molar refractivity (Wildman–Crippen MR) is 76.7 cm³/mol. The average molecular weight is 297 g/mol. The van der Waals surface area contributed by atoms with E-state index in [0.29, 0.717) is 16.6 Å². The normalized spacial score (nSPS) is 14.2. The zero-order valence-corrected chi connectivity index (χ0v) is 11.9. The summed E-state index contributed by atoms with van der Waals surface area (Å²) in [4.78, 5) is 0. The van der Waals surface area contributed by atoms with Crippen LogP contribution in [0.4, 0.5) is 5.69 Å². The van der Waals surface area contributed by atoms with Gasteiger partial charge in [-0.15, -0.1) is 10.2 Å². The summed E-state index contributed by atoms with van der Waals surface area (Å²) in [7, 11) is 0. The monoisotopic (exact) mass is 296 g/mol. The highest BCUT2D eigenvalue weighted by Crippen LogP contribution is 2.29. The van der Waals surface area contributed by atoms with Gasteiger partial charge < -0.3 is 9.88 Å². The van der Waals surface area contributed by atoms with Crippen molar-refractivity contribution in [3.63, 3.8) is 0 Å². The van der Waals surface area contributed by atoms with E-state index in [0.717, 1.165) is 30.3 Å². The lowest BCUT2D eigenvalue weighted by molar-refractivity contribution is 0.510. The van der Waals surface area contributed by atoms with Gasteiger partial charge in [0.25, 0.3) is 0 Å². The minimum atomic E-state index is 0.544. The van der Waals surface area contributed by atoms with Crippen LogP contribution in [0.2, 0.25) is 10.0 Å². The second-order valence-electron chi connectivity index (χ2n) is 4.60. The van der Waals surface area contributed by atoms with Crippen LogP contribution in [0.5, 0.6) is 0 Å². The molecule has 0 saturated heterocycles. The summed E-state index contributed by atoms with van der Waals surface area (Å²) in [6, 6.07) is 5.55. The Morgan fingerprint density at radius 3 is 3.00 bits per heavy atom. The Kier molecular flexibility index (Phi) is 3.62. The van der Waals surface area contributed by atoms with E-state index in [1.807, 2.05) is 12.1 Å².